The van der Waals surface area contributed by atoms with Crippen LogP contribution in [0.5, 0.6) is 0 Å². The van der Waals surface area contributed by atoms with Gasteiger partial charge in [0.15, 0.2) is 0 Å². The van der Waals surface area contributed by atoms with Crippen LogP contribution in [0.3, 0.4) is 0 Å². The Morgan fingerprint density at radius 3 is 2.75 bits per heavy atom. The zero-order chi connectivity index (χ0) is 11.7. The number of carbonyl (C=O) groups excluding carboxylic acids is 1. The Morgan fingerprint density at radius 1 is 1.31 bits per heavy atom. The first-order valence-corrected chi connectivity index (χ1v) is 5.04. The molecule has 0 fully saturated rings. The fourth-order valence-electron chi connectivity index (χ4n) is 1.63. The Morgan fingerprint density at radius 2 is 2.06 bits per heavy atom. The number of para-hydroxylation sites is 1. The lowest BCUT2D eigenvalue weighted by atomic mass is 10.2. The fourth-order valence-corrected chi connectivity index (χ4v) is 1.91. The molecule has 1 aromatic heterocycles. The molecule has 16 heavy (non-hydrogen) atoms. The minimum Gasteiger partial charge on any atom is -0.368 e. The number of halogens is 1. The first-order valence-electron chi connectivity index (χ1n) is 4.66. The molecule has 0 saturated carbocycles. The Balaban J connectivity index is 2.83. The topological polar surface area (TPSA) is 65.1 Å². The molecule has 1 amide bonds. The molecule has 0 atom stereocenters. The van der Waals surface area contributed by atoms with Crippen molar-refractivity contribution in [2.45, 2.75) is 6.54 Å². The van der Waals surface area contributed by atoms with Gasteiger partial charge < -0.3 is 5.73 Å². The van der Waals surface area contributed by atoms with Gasteiger partial charge in [-0.2, -0.15) is 0 Å². The van der Waals surface area contributed by atoms with Crippen LogP contribution < -0.4 is 11.3 Å². The van der Waals surface area contributed by atoms with Gasteiger partial charge in [-0.15, -0.1) is 0 Å². The molecule has 2 rings (SSSR count). The summed E-state index contributed by atoms with van der Waals surface area (Å²) in [5.74, 6) is -0.575. The van der Waals surface area contributed by atoms with Gasteiger partial charge in [-0.1, -0.05) is 23.7 Å². The van der Waals surface area contributed by atoms with Gasteiger partial charge in [0.2, 0.25) is 5.91 Å². The van der Waals surface area contributed by atoms with E-state index in [1.807, 2.05) is 6.07 Å². The highest BCUT2D eigenvalue weighted by Gasteiger charge is 2.08. The van der Waals surface area contributed by atoms with Crippen LogP contribution in [0.15, 0.2) is 35.1 Å². The summed E-state index contributed by atoms with van der Waals surface area (Å²) < 4.78 is 1.28. The van der Waals surface area contributed by atoms with Crippen LogP contribution >= 0.6 is 11.6 Å². The smallest absolute Gasteiger partial charge is 0.251 e. The van der Waals surface area contributed by atoms with Gasteiger partial charge in [0.05, 0.1) is 10.5 Å². The summed E-state index contributed by atoms with van der Waals surface area (Å²) in [5.41, 5.74) is 5.34. The van der Waals surface area contributed by atoms with E-state index in [1.165, 1.54) is 10.6 Å². The largest absolute Gasteiger partial charge is 0.368 e. The third-order valence-electron chi connectivity index (χ3n) is 2.27. The van der Waals surface area contributed by atoms with E-state index in [0.717, 1.165) is 5.39 Å². The number of amides is 1. The van der Waals surface area contributed by atoms with Crippen LogP contribution in [0.25, 0.3) is 10.9 Å². The lowest BCUT2D eigenvalue weighted by Gasteiger charge is -2.09. The van der Waals surface area contributed by atoms with Crippen LogP contribution in [0.2, 0.25) is 5.02 Å². The minimum atomic E-state index is -0.575. The second kappa shape index (κ2) is 3.98. The van der Waals surface area contributed by atoms with Crippen LogP contribution in [0, 0.1) is 0 Å². The van der Waals surface area contributed by atoms with E-state index in [4.69, 9.17) is 17.3 Å². The first-order chi connectivity index (χ1) is 7.59. The maximum atomic E-state index is 11.6. The molecule has 0 bridgehead atoms. The average Bonchev–Trinajstić information content (AvgIpc) is 2.22. The zero-order valence-corrected chi connectivity index (χ0v) is 9.07. The molecule has 82 valence electrons. The summed E-state index contributed by atoms with van der Waals surface area (Å²) in [6.07, 6.45) is 0. The van der Waals surface area contributed by atoms with Crippen molar-refractivity contribution in [1.29, 1.82) is 0 Å². The summed E-state index contributed by atoms with van der Waals surface area (Å²) in [7, 11) is 0. The van der Waals surface area contributed by atoms with Gasteiger partial charge in [-0.25, -0.2) is 0 Å². The molecule has 0 aliphatic heterocycles. The number of aromatic nitrogens is 1. The Kier molecular flexibility index (Phi) is 2.66. The lowest BCUT2D eigenvalue weighted by molar-refractivity contribution is -0.118. The quantitative estimate of drug-likeness (QED) is 0.850. The summed E-state index contributed by atoms with van der Waals surface area (Å²) in [6, 6.07) is 8.32. The van der Waals surface area contributed by atoms with Crippen LogP contribution in [-0.4, -0.2) is 10.5 Å². The predicted octanol–water partition coefficient (Wildman–Crippen LogP) is 1.14. The van der Waals surface area contributed by atoms with Gasteiger partial charge in [-0.3, -0.25) is 14.2 Å². The standard InChI is InChI=1S/C11H9ClN2O2/c12-8-3-1-2-7-4-5-10(16)14(11(7)8)6-9(13)15/h1-5H,6H2,(H2,13,15). The number of carbonyl (C=O) groups is 1. The van der Waals surface area contributed by atoms with Crippen molar-refractivity contribution in [1.82, 2.24) is 4.57 Å². The average molecular weight is 237 g/mol. The number of hydrogen-bond acceptors (Lipinski definition) is 2. The second-order valence-corrected chi connectivity index (χ2v) is 3.81. The van der Waals surface area contributed by atoms with Crippen molar-refractivity contribution >= 4 is 28.4 Å². The van der Waals surface area contributed by atoms with Crippen molar-refractivity contribution in [3.8, 4) is 0 Å². The van der Waals surface area contributed by atoms with Crippen molar-refractivity contribution in [3.63, 3.8) is 0 Å². The maximum Gasteiger partial charge on any atom is 0.251 e. The number of pyridine rings is 1. The molecule has 0 spiro atoms. The molecule has 1 heterocycles. The van der Waals surface area contributed by atoms with E-state index in [2.05, 4.69) is 0 Å². The van der Waals surface area contributed by atoms with E-state index in [-0.39, 0.29) is 12.1 Å². The molecule has 2 aromatic rings. The first kappa shape index (κ1) is 10.7. The number of fused-ring (bicyclic) bond motifs is 1. The molecule has 0 unspecified atom stereocenters. The molecule has 4 nitrogen and oxygen atoms in total. The highest BCUT2D eigenvalue weighted by atomic mass is 35.5. The number of benzene rings is 1. The molecule has 0 saturated heterocycles. The van der Waals surface area contributed by atoms with Crippen molar-refractivity contribution in [2.75, 3.05) is 0 Å². The molecule has 1 aromatic carbocycles. The fraction of sp³-hybridized carbons (Fsp3) is 0.0909. The van der Waals surface area contributed by atoms with E-state index < -0.39 is 5.91 Å². The van der Waals surface area contributed by atoms with Gasteiger partial charge in [0, 0.05) is 6.07 Å². The number of nitrogens with zero attached hydrogens (tertiary/aromatic N) is 1. The number of rotatable bonds is 2. The van der Waals surface area contributed by atoms with Gasteiger partial charge in [0.1, 0.15) is 6.54 Å². The monoisotopic (exact) mass is 236 g/mol. The third kappa shape index (κ3) is 1.79. The number of hydrogen-bond donors (Lipinski definition) is 1. The maximum absolute atomic E-state index is 11.6. The van der Waals surface area contributed by atoms with Gasteiger partial charge in [0.25, 0.3) is 5.56 Å². The Labute approximate surface area is 96.2 Å². The summed E-state index contributed by atoms with van der Waals surface area (Å²) in [6.45, 7) is -0.167. The number of primary amides is 1. The van der Waals surface area contributed by atoms with Crippen LogP contribution in [-0.2, 0) is 11.3 Å². The van der Waals surface area contributed by atoms with E-state index in [9.17, 15) is 9.59 Å². The zero-order valence-electron chi connectivity index (χ0n) is 8.31. The van der Waals surface area contributed by atoms with E-state index in [0.29, 0.717) is 10.5 Å². The van der Waals surface area contributed by atoms with Crippen LogP contribution in [0.1, 0.15) is 0 Å². The summed E-state index contributed by atoms with van der Waals surface area (Å²) >= 11 is 6.01. The summed E-state index contributed by atoms with van der Waals surface area (Å²) in [5, 5.41) is 1.23. The minimum absolute atomic E-state index is 0.167. The van der Waals surface area contributed by atoms with Gasteiger partial charge >= 0.3 is 0 Å². The SMILES string of the molecule is NC(=O)Cn1c(=O)ccc2cccc(Cl)c21. The molecule has 2 N–H and O–H groups in total. The highest BCUT2D eigenvalue weighted by molar-refractivity contribution is 6.35. The molecular formula is C11H9ClN2O2. The van der Waals surface area contributed by atoms with Crippen molar-refractivity contribution in [3.05, 3.63) is 45.7 Å². The molecule has 0 aliphatic rings. The lowest BCUT2D eigenvalue weighted by Crippen LogP contribution is -2.27. The van der Waals surface area contributed by atoms with E-state index >= 15 is 0 Å². The predicted molar refractivity (Wildman–Crippen MR) is 62.4 cm³/mol. The molecule has 5 heteroatoms. The van der Waals surface area contributed by atoms with Crippen molar-refractivity contribution in [2.24, 2.45) is 5.73 Å². The van der Waals surface area contributed by atoms with E-state index in [1.54, 1.807) is 18.2 Å². The highest BCUT2D eigenvalue weighted by Crippen LogP contribution is 2.21. The van der Waals surface area contributed by atoms with Crippen LogP contribution in [0.4, 0.5) is 0 Å². The normalized spacial score (nSPS) is 10.6. The third-order valence-corrected chi connectivity index (χ3v) is 2.58. The Bertz CT molecular complexity index is 619. The Hall–Kier alpha value is -1.81. The number of nitrogens with two attached hydrogens (primary N) is 1. The molecular weight excluding hydrogens is 228 g/mol. The molecule has 0 aliphatic carbocycles. The molecule has 0 radical (unpaired) electrons. The summed E-state index contributed by atoms with van der Waals surface area (Å²) in [4.78, 5) is 22.5. The van der Waals surface area contributed by atoms with Crippen molar-refractivity contribution < 1.29 is 4.79 Å². The second-order valence-electron chi connectivity index (χ2n) is 3.40. The van der Waals surface area contributed by atoms with Gasteiger partial charge in [-0.05, 0) is 17.5 Å².